The zero-order valence-corrected chi connectivity index (χ0v) is 13.1. The van der Waals surface area contributed by atoms with Crippen molar-refractivity contribution in [3.8, 4) is 0 Å². The molecule has 0 aliphatic heterocycles. The predicted molar refractivity (Wildman–Crippen MR) is 91.9 cm³/mol. The van der Waals surface area contributed by atoms with Crippen molar-refractivity contribution in [3.05, 3.63) is 94.5 Å². The van der Waals surface area contributed by atoms with Crippen LogP contribution in [0.5, 0.6) is 0 Å². The SMILES string of the molecule is OC1(Cc2ccccc2)C=CC(Cl)=C(Cc2ccccc2)C1. The molecule has 2 aromatic rings. The number of allylic oxidation sites excluding steroid dienone is 2. The monoisotopic (exact) mass is 310 g/mol. The van der Waals surface area contributed by atoms with Crippen LogP contribution < -0.4 is 0 Å². The number of aliphatic hydroxyl groups is 1. The first-order valence-electron chi connectivity index (χ1n) is 7.52. The molecule has 0 radical (unpaired) electrons. The largest absolute Gasteiger partial charge is 0.385 e. The Bertz CT molecular complexity index is 688. The smallest absolute Gasteiger partial charge is 0.0909 e. The van der Waals surface area contributed by atoms with Crippen LogP contribution >= 0.6 is 11.6 Å². The molecule has 1 unspecified atom stereocenters. The van der Waals surface area contributed by atoms with Gasteiger partial charge < -0.3 is 5.11 Å². The molecular weight excluding hydrogens is 292 g/mol. The molecule has 0 aromatic heterocycles. The van der Waals surface area contributed by atoms with Crippen LogP contribution in [0.3, 0.4) is 0 Å². The maximum absolute atomic E-state index is 10.9. The quantitative estimate of drug-likeness (QED) is 0.871. The molecule has 1 aliphatic carbocycles. The molecule has 0 amide bonds. The van der Waals surface area contributed by atoms with Crippen molar-refractivity contribution in [2.24, 2.45) is 0 Å². The first-order chi connectivity index (χ1) is 10.6. The molecule has 112 valence electrons. The van der Waals surface area contributed by atoms with Crippen molar-refractivity contribution in [1.29, 1.82) is 0 Å². The van der Waals surface area contributed by atoms with Gasteiger partial charge >= 0.3 is 0 Å². The molecule has 0 fully saturated rings. The van der Waals surface area contributed by atoms with Gasteiger partial charge in [-0.05, 0) is 29.2 Å². The molecule has 0 saturated heterocycles. The van der Waals surface area contributed by atoms with Crippen LogP contribution in [-0.4, -0.2) is 10.7 Å². The fraction of sp³-hybridized carbons (Fsp3) is 0.200. The van der Waals surface area contributed by atoms with Crippen molar-refractivity contribution in [2.75, 3.05) is 0 Å². The lowest BCUT2D eigenvalue weighted by molar-refractivity contribution is 0.0895. The van der Waals surface area contributed by atoms with Gasteiger partial charge in [0.15, 0.2) is 0 Å². The summed E-state index contributed by atoms with van der Waals surface area (Å²) in [6.07, 6.45) is 5.63. The molecule has 1 aliphatic rings. The van der Waals surface area contributed by atoms with Gasteiger partial charge in [0, 0.05) is 17.9 Å². The van der Waals surface area contributed by atoms with Gasteiger partial charge in [0.2, 0.25) is 0 Å². The maximum atomic E-state index is 10.9. The van der Waals surface area contributed by atoms with E-state index < -0.39 is 5.60 Å². The normalized spacial score (nSPS) is 21.2. The van der Waals surface area contributed by atoms with Crippen molar-refractivity contribution < 1.29 is 5.11 Å². The third-order valence-corrected chi connectivity index (χ3v) is 4.40. The van der Waals surface area contributed by atoms with E-state index in [4.69, 9.17) is 11.6 Å². The van der Waals surface area contributed by atoms with Gasteiger partial charge in [-0.15, -0.1) is 0 Å². The van der Waals surface area contributed by atoms with Gasteiger partial charge in [0.25, 0.3) is 0 Å². The molecule has 1 nitrogen and oxygen atoms in total. The Morgan fingerprint density at radius 2 is 1.50 bits per heavy atom. The van der Waals surface area contributed by atoms with Crippen LogP contribution in [0.1, 0.15) is 17.5 Å². The minimum Gasteiger partial charge on any atom is -0.385 e. The van der Waals surface area contributed by atoms with E-state index in [0.717, 1.165) is 22.6 Å². The molecule has 2 heteroatoms. The topological polar surface area (TPSA) is 20.2 Å². The highest BCUT2D eigenvalue weighted by molar-refractivity contribution is 6.31. The highest BCUT2D eigenvalue weighted by atomic mass is 35.5. The first kappa shape index (κ1) is 15.1. The van der Waals surface area contributed by atoms with Gasteiger partial charge in [-0.1, -0.05) is 78.3 Å². The average Bonchev–Trinajstić information content (AvgIpc) is 2.53. The molecule has 0 bridgehead atoms. The fourth-order valence-corrected chi connectivity index (χ4v) is 3.12. The zero-order valence-electron chi connectivity index (χ0n) is 12.4. The Hall–Kier alpha value is -1.83. The van der Waals surface area contributed by atoms with E-state index in [1.54, 1.807) is 0 Å². The van der Waals surface area contributed by atoms with E-state index in [1.807, 2.05) is 60.7 Å². The molecule has 3 rings (SSSR count). The van der Waals surface area contributed by atoms with E-state index in [0.29, 0.717) is 12.8 Å². The van der Waals surface area contributed by atoms with Crippen LogP contribution in [0.15, 0.2) is 83.4 Å². The summed E-state index contributed by atoms with van der Waals surface area (Å²) in [6.45, 7) is 0. The van der Waals surface area contributed by atoms with Crippen LogP contribution in [0.25, 0.3) is 0 Å². The lowest BCUT2D eigenvalue weighted by atomic mass is 9.82. The maximum Gasteiger partial charge on any atom is 0.0909 e. The minimum atomic E-state index is -0.857. The number of halogens is 1. The molecule has 0 spiro atoms. The Kier molecular flexibility index (Phi) is 4.47. The Balaban J connectivity index is 1.77. The third kappa shape index (κ3) is 3.68. The zero-order chi connectivity index (χ0) is 15.4. The second kappa shape index (κ2) is 6.51. The summed E-state index contributed by atoms with van der Waals surface area (Å²) in [5.41, 5.74) is 2.58. The molecule has 0 saturated carbocycles. The summed E-state index contributed by atoms with van der Waals surface area (Å²) in [6, 6.07) is 20.3. The molecule has 22 heavy (non-hydrogen) atoms. The highest BCUT2D eigenvalue weighted by Gasteiger charge is 2.29. The number of benzene rings is 2. The molecule has 2 aromatic carbocycles. The average molecular weight is 311 g/mol. The fourth-order valence-electron chi connectivity index (χ4n) is 2.92. The van der Waals surface area contributed by atoms with Crippen LogP contribution in [-0.2, 0) is 12.8 Å². The van der Waals surface area contributed by atoms with Crippen LogP contribution in [0, 0.1) is 0 Å². The number of hydrogen-bond donors (Lipinski definition) is 1. The molecule has 1 atom stereocenters. The summed E-state index contributed by atoms with van der Waals surface area (Å²) in [7, 11) is 0. The Morgan fingerprint density at radius 1 is 0.909 bits per heavy atom. The van der Waals surface area contributed by atoms with Crippen molar-refractivity contribution in [3.63, 3.8) is 0 Å². The van der Waals surface area contributed by atoms with E-state index in [9.17, 15) is 5.11 Å². The Labute approximate surface area is 136 Å². The predicted octanol–water partition coefficient (Wildman–Crippen LogP) is 4.66. The lowest BCUT2D eigenvalue weighted by Crippen LogP contribution is -2.31. The third-order valence-electron chi connectivity index (χ3n) is 4.01. The highest BCUT2D eigenvalue weighted by Crippen LogP contribution is 2.33. The Morgan fingerprint density at radius 3 is 2.14 bits per heavy atom. The molecular formula is C20H19ClO. The van der Waals surface area contributed by atoms with Gasteiger partial charge in [0.1, 0.15) is 0 Å². The first-order valence-corrected chi connectivity index (χ1v) is 7.89. The minimum absolute atomic E-state index is 0.576. The van der Waals surface area contributed by atoms with Gasteiger partial charge in [0.05, 0.1) is 5.60 Å². The summed E-state index contributed by atoms with van der Waals surface area (Å²) in [5, 5.41) is 11.7. The summed E-state index contributed by atoms with van der Waals surface area (Å²) >= 11 is 6.34. The molecule has 1 N–H and O–H groups in total. The van der Waals surface area contributed by atoms with Crippen molar-refractivity contribution in [2.45, 2.75) is 24.9 Å². The second-order valence-corrected chi connectivity index (χ2v) is 6.30. The van der Waals surface area contributed by atoms with Crippen molar-refractivity contribution >= 4 is 11.6 Å². The lowest BCUT2D eigenvalue weighted by Gasteiger charge is -2.30. The summed E-state index contributed by atoms with van der Waals surface area (Å²) in [4.78, 5) is 0. The van der Waals surface area contributed by atoms with E-state index in [2.05, 4.69) is 12.1 Å². The number of rotatable bonds is 4. The van der Waals surface area contributed by atoms with E-state index in [-0.39, 0.29) is 0 Å². The van der Waals surface area contributed by atoms with Gasteiger partial charge in [-0.2, -0.15) is 0 Å². The van der Waals surface area contributed by atoms with Gasteiger partial charge in [-0.3, -0.25) is 0 Å². The number of hydrogen-bond acceptors (Lipinski definition) is 1. The summed E-state index contributed by atoms with van der Waals surface area (Å²) < 4.78 is 0. The van der Waals surface area contributed by atoms with Crippen molar-refractivity contribution in [1.82, 2.24) is 0 Å². The standard InChI is InChI=1S/C20H19ClO/c21-19-11-12-20(22,14-17-9-5-2-6-10-17)15-18(19)13-16-7-3-1-4-8-16/h1-12,22H,13-15H2. The van der Waals surface area contributed by atoms with Crippen LogP contribution in [0.4, 0.5) is 0 Å². The van der Waals surface area contributed by atoms with Crippen LogP contribution in [0.2, 0.25) is 0 Å². The summed E-state index contributed by atoms with van der Waals surface area (Å²) in [5.74, 6) is 0. The van der Waals surface area contributed by atoms with Gasteiger partial charge in [-0.25, -0.2) is 0 Å². The molecule has 0 heterocycles. The van der Waals surface area contributed by atoms with E-state index >= 15 is 0 Å². The second-order valence-electron chi connectivity index (χ2n) is 5.89. The van der Waals surface area contributed by atoms with E-state index in [1.165, 1.54) is 5.56 Å².